The van der Waals surface area contributed by atoms with Crippen molar-refractivity contribution in [3.05, 3.63) is 35.9 Å². The topological polar surface area (TPSA) is 74.7 Å². The monoisotopic (exact) mass is 284 g/mol. The predicted octanol–water partition coefficient (Wildman–Crippen LogP) is 2.71. The molecule has 0 atom stereocenters. The second kappa shape index (κ2) is 5.99. The molecule has 5 nitrogen and oxygen atoms in total. The smallest absolute Gasteiger partial charge is 0.173 e. The van der Waals surface area contributed by atoms with Gasteiger partial charge in [0, 0.05) is 18.5 Å². The third kappa shape index (κ3) is 2.77. The average Bonchev–Trinajstić information content (AvgIpc) is 2.82. The summed E-state index contributed by atoms with van der Waals surface area (Å²) in [6.07, 6.45) is 4.82. The standard InChI is InChI=1S/C16H20N4O/c17-15(19-21)13-11-12-7-3-4-8-14(12)18-16(13)20-9-5-1-2-6-10-20/h3-4,7-8,11,21H,1-2,5-6,9-10H2,(H2,17,19). The van der Waals surface area contributed by atoms with Gasteiger partial charge in [0.05, 0.1) is 11.1 Å². The Kier molecular flexibility index (Phi) is 3.90. The van der Waals surface area contributed by atoms with Crippen LogP contribution in [0.5, 0.6) is 0 Å². The van der Waals surface area contributed by atoms with Gasteiger partial charge in [-0.3, -0.25) is 0 Å². The largest absolute Gasteiger partial charge is 0.409 e. The Morgan fingerprint density at radius 3 is 2.57 bits per heavy atom. The third-order valence-corrected chi connectivity index (χ3v) is 3.99. The van der Waals surface area contributed by atoms with Crippen LogP contribution < -0.4 is 10.6 Å². The highest BCUT2D eigenvalue weighted by Gasteiger charge is 2.18. The van der Waals surface area contributed by atoms with Gasteiger partial charge in [0.15, 0.2) is 5.84 Å². The molecule has 0 spiro atoms. The van der Waals surface area contributed by atoms with Crippen LogP contribution in [-0.2, 0) is 0 Å². The molecule has 3 rings (SSSR count). The summed E-state index contributed by atoms with van der Waals surface area (Å²) in [5.74, 6) is 0.943. The van der Waals surface area contributed by atoms with Gasteiger partial charge in [-0.1, -0.05) is 36.2 Å². The highest BCUT2D eigenvalue weighted by Crippen LogP contribution is 2.25. The van der Waals surface area contributed by atoms with Crippen molar-refractivity contribution in [3.63, 3.8) is 0 Å². The molecule has 1 saturated heterocycles. The van der Waals surface area contributed by atoms with Crippen molar-refractivity contribution >= 4 is 22.6 Å². The van der Waals surface area contributed by atoms with Crippen molar-refractivity contribution in [2.24, 2.45) is 10.9 Å². The molecule has 21 heavy (non-hydrogen) atoms. The Morgan fingerprint density at radius 1 is 1.14 bits per heavy atom. The molecule has 0 bridgehead atoms. The summed E-state index contributed by atoms with van der Waals surface area (Å²) in [6.45, 7) is 1.94. The lowest BCUT2D eigenvalue weighted by Crippen LogP contribution is -2.28. The van der Waals surface area contributed by atoms with Crippen LogP contribution in [0.2, 0.25) is 0 Å². The van der Waals surface area contributed by atoms with Crippen molar-refractivity contribution in [1.82, 2.24) is 4.98 Å². The maximum atomic E-state index is 9.06. The number of amidine groups is 1. The number of para-hydroxylation sites is 1. The molecule has 3 N–H and O–H groups in total. The zero-order valence-corrected chi connectivity index (χ0v) is 12.0. The molecule has 1 fully saturated rings. The summed E-state index contributed by atoms with van der Waals surface area (Å²) in [5.41, 5.74) is 7.51. The molecule has 2 heterocycles. The van der Waals surface area contributed by atoms with Gasteiger partial charge in [-0.05, 0) is 25.0 Å². The maximum Gasteiger partial charge on any atom is 0.173 e. The summed E-state index contributed by atoms with van der Waals surface area (Å²) in [4.78, 5) is 7.02. The number of nitrogens with two attached hydrogens (primary N) is 1. The zero-order chi connectivity index (χ0) is 14.7. The van der Waals surface area contributed by atoms with Crippen molar-refractivity contribution in [3.8, 4) is 0 Å². The first-order valence-electron chi connectivity index (χ1n) is 7.42. The first kappa shape index (κ1) is 13.7. The summed E-state index contributed by atoms with van der Waals surface area (Å²) in [5, 5.41) is 13.2. The lowest BCUT2D eigenvalue weighted by Gasteiger charge is -2.24. The number of pyridine rings is 1. The molecular formula is C16H20N4O. The number of hydrogen-bond donors (Lipinski definition) is 2. The van der Waals surface area contributed by atoms with E-state index >= 15 is 0 Å². The average molecular weight is 284 g/mol. The van der Waals surface area contributed by atoms with E-state index in [1.54, 1.807) is 0 Å². The van der Waals surface area contributed by atoms with Crippen LogP contribution in [0.15, 0.2) is 35.5 Å². The Labute approximate surface area is 124 Å². The second-order valence-electron chi connectivity index (χ2n) is 5.44. The number of aromatic nitrogens is 1. The Bertz CT molecular complexity index is 660. The van der Waals surface area contributed by atoms with Gasteiger partial charge in [0.25, 0.3) is 0 Å². The molecule has 5 heteroatoms. The van der Waals surface area contributed by atoms with Crippen molar-refractivity contribution in [2.75, 3.05) is 18.0 Å². The first-order valence-corrected chi connectivity index (χ1v) is 7.42. The molecule has 2 aromatic rings. The van der Waals surface area contributed by atoms with E-state index in [1.165, 1.54) is 12.8 Å². The lowest BCUT2D eigenvalue weighted by molar-refractivity contribution is 0.318. The van der Waals surface area contributed by atoms with E-state index in [4.69, 9.17) is 15.9 Å². The number of fused-ring (bicyclic) bond motifs is 1. The molecule has 0 amide bonds. The van der Waals surface area contributed by atoms with Crippen LogP contribution in [0.1, 0.15) is 31.2 Å². The number of anilines is 1. The van der Waals surface area contributed by atoms with Crippen molar-refractivity contribution in [1.29, 1.82) is 0 Å². The number of hydrogen-bond acceptors (Lipinski definition) is 4. The van der Waals surface area contributed by atoms with E-state index in [9.17, 15) is 0 Å². The van der Waals surface area contributed by atoms with Crippen LogP contribution in [0.4, 0.5) is 5.82 Å². The van der Waals surface area contributed by atoms with Crippen LogP contribution in [0.3, 0.4) is 0 Å². The number of benzene rings is 1. The molecule has 0 unspecified atom stereocenters. The molecule has 0 saturated carbocycles. The number of nitrogens with zero attached hydrogens (tertiary/aromatic N) is 3. The Hall–Kier alpha value is -2.30. The summed E-state index contributed by atoms with van der Waals surface area (Å²) < 4.78 is 0. The van der Waals surface area contributed by atoms with Gasteiger partial charge in [0.2, 0.25) is 0 Å². The van der Waals surface area contributed by atoms with Crippen LogP contribution >= 0.6 is 0 Å². The van der Waals surface area contributed by atoms with Gasteiger partial charge >= 0.3 is 0 Å². The number of oxime groups is 1. The van der Waals surface area contributed by atoms with E-state index in [1.807, 2.05) is 30.3 Å². The normalized spacial score (nSPS) is 17.0. The summed E-state index contributed by atoms with van der Waals surface area (Å²) in [7, 11) is 0. The van der Waals surface area contributed by atoms with Gasteiger partial charge in [-0.15, -0.1) is 0 Å². The van der Waals surface area contributed by atoms with E-state index in [0.29, 0.717) is 5.56 Å². The van der Waals surface area contributed by atoms with Gasteiger partial charge in [0.1, 0.15) is 5.82 Å². The fraction of sp³-hybridized carbons (Fsp3) is 0.375. The molecule has 1 aliphatic heterocycles. The molecular weight excluding hydrogens is 264 g/mol. The van der Waals surface area contributed by atoms with E-state index in [0.717, 1.165) is 42.7 Å². The first-order chi connectivity index (χ1) is 10.3. The summed E-state index contributed by atoms with van der Waals surface area (Å²) >= 11 is 0. The summed E-state index contributed by atoms with van der Waals surface area (Å²) in [6, 6.07) is 9.88. The molecule has 1 aliphatic rings. The SMILES string of the molecule is NC(=NO)c1cc2ccccc2nc1N1CCCCCC1. The van der Waals surface area contributed by atoms with Crippen LogP contribution in [0.25, 0.3) is 10.9 Å². The van der Waals surface area contributed by atoms with E-state index in [2.05, 4.69) is 10.1 Å². The second-order valence-corrected chi connectivity index (χ2v) is 5.44. The molecule has 1 aromatic heterocycles. The minimum atomic E-state index is 0.118. The zero-order valence-electron chi connectivity index (χ0n) is 12.0. The fourth-order valence-electron chi connectivity index (χ4n) is 2.87. The molecule has 1 aromatic carbocycles. The molecule has 110 valence electrons. The van der Waals surface area contributed by atoms with E-state index in [-0.39, 0.29) is 5.84 Å². The predicted molar refractivity (Wildman–Crippen MR) is 84.9 cm³/mol. The molecule has 0 radical (unpaired) electrons. The number of rotatable bonds is 2. The van der Waals surface area contributed by atoms with Gasteiger partial charge in [-0.25, -0.2) is 4.98 Å². The van der Waals surface area contributed by atoms with Gasteiger partial charge in [-0.2, -0.15) is 0 Å². The maximum absolute atomic E-state index is 9.06. The van der Waals surface area contributed by atoms with E-state index < -0.39 is 0 Å². The quantitative estimate of drug-likeness (QED) is 0.385. The van der Waals surface area contributed by atoms with Crippen molar-refractivity contribution < 1.29 is 5.21 Å². The lowest BCUT2D eigenvalue weighted by atomic mass is 10.1. The third-order valence-electron chi connectivity index (χ3n) is 3.99. The molecule has 0 aliphatic carbocycles. The fourth-order valence-corrected chi connectivity index (χ4v) is 2.87. The van der Waals surface area contributed by atoms with Crippen LogP contribution in [-0.4, -0.2) is 29.1 Å². The Balaban J connectivity index is 2.13. The minimum Gasteiger partial charge on any atom is -0.409 e. The Morgan fingerprint density at radius 2 is 1.86 bits per heavy atom. The minimum absolute atomic E-state index is 0.118. The highest BCUT2D eigenvalue weighted by molar-refractivity contribution is 6.04. The van der Waals surface area contributed by atoms with Crippen LogP contribution in [0, 0.1) is 0 Å². The highest BCUT2D eigenvalue weighted by atomic mass is 16.4. The van der Waals surface area contributed by atoms with Crippen molar-refractivity contribution in [2.45, 2.75) is 25.7 Å². The van der Waals surface area contributed by atoms with Gasteiger partial charge < -0.3 is 15.8 Å².